The Morgan fingerprint density at radius 2 is 1.78 bits per heavy atom. The Morgan fingerprint density at radius 1 is 1.04 bits per heavy atom. The molecular formula is C21H20Cl2N2O2. The normalized spacial score (nSPS) is 21.2. The lowest BCUT2D eigenvalue weighted by molar-refractivity contribution is -0.117. The van der Waals surface area contributed by atoms with Crippen molar-refractivity contribution in [1.29, 1.82) is 0 Å². The minimum Gasteiger partial charge on any atom is -0.339 e. The third-order valence-corrected chi connectivity index (χ3v) is 5.87. The molecule has 2 amide bonds. The van der Waals surface area contributed by atoms with Gasteiger partial charge in [0.15, 0.2) is 0 Å². The first-order chi connectivity index (χ1) is 13.0. The second-order valence-corrected chi connectivity index (χ2v) is 7.99. The van der Waals surface area contributed by atoms with Gasteiger partial charge in [-0.05, 0) is 55.0 Å². The van der Waals surface area contributed by atoms with Crippen LogP contribution in [0.1, 0.15) is 41.1 Å². The molecule has 1 aliphatic heterocycles. The summed E-state index contributed by atoms with van der Waals surface area (Å²) in [6.07, 6.45) is 2.79. The fraction of sp³-hybridized carbons (Fsp3) is 0.333. The Balaban J connectivity index is 1.51. The lowest BCUT2D eigenvalue weighted by Gasteiger charge is -2.18. The van der Waals surface area contributed by atoms with Crippen LogP contribution < -0.4 is 5.32 Å². The molecule has 2 fully saturated rings. The summed E-state index contributed by atoms with van der Waals surface area (Å²) in [5, 5.41) is 4.10. The van der Waals surface area contributed by atoms with Crippen LogP contribution in [0.2, 0.25) is 10.0 Å². The maximum Gasteiger partial charge on any atom is 0.255 e. The molecule has 1 heterocycles. The van der Waals surface area contributed by atoms with E-state index in [1.54, 1.807) is 18.2 Å². The third-order valence-electron chi connectivity index (χ3n) is 5.30. The number of carbonyl (C=O) groups excluding carboxylic acids is 2. The number of hydrogen-bond donors (Lipinski definition) is 1. The van der Waals surface area contributed by atoms with Crippen LogP contribution in [-0.2, 0) is 4.79 Å². The quantitative estimate of drug-likeness (QED) is 0.784. The van der Waals surface area contributed by atoms with Crippen molar-refractivity contribution in [2.75, 3.05) is 18.4 Å². The summed E-state index contributed by atoms with van der Waals surface area (Å²) < 4.78 is 0. The molecule has 2 unspecified atom stereocenters. The SMILES string of the molecule is O=C(Nc1cc(Cl)ccc1C(=O)N1CCCC1)C1CC1c1ccccc1Cl. The predicted octanol–water partition coefficient (Wildman–Crippen LogP) is 4.97. The van der Waals surface area contributed by atoms with Gasteiger partial charge in [-0.1, -0.05) is 41.4 Å². The molecule has 0 radical (unpaired) electrons. The Hall–Kier alpha value is -2.04. The van der Waals surface area contributed by atoms with E-state index in [0.717, 1.165) is 37.9 Å². The van der Waals surface area contributed by atoms with Crippen LogP contribution in [0.3, 0.4) is 0 Å². The van der Waals surface area contributed by atoms with Gasteiger partial charge >= 0.3 is 0 Å². The Labute approximate surface area is 168 Å². The molecule has 140 valence electrons. The molecule has 2 aromatic rings. The van der Waals surface area contributed by atoms with Crippen LogP contribution in [0.5, 0.6) is 0 Å². The Bertz CT molecular complexity index is 894. The summed E-state index contributed by atoms with van der Waals surface area (Å²) in [4.78, 5) is 27.4. The van der Waals surface area contributed by atoms with E-state index >= 15 is 0 Å². The van der Waals surface area contributed by atoms with E-state index in [0.29, 0.717) is 21.3 Å². The molecule has 2 aliphatic rings. The van der Waals surface area contributed by atoms with Crippen LogP contribution >= 0.6 is 23.2 Å². The third kappa shape index (κ3) is 3.83. The van der Waals surface area contributed by atoms with E-state index in [1.807, 2.05) is 29.2 Å². The van der Waals surface area contributed by atoms with Gasteiger partial charge in [0.1, 0.15) is 0 Å². The first-order valence-electron chi connectivity index (χ1n) is 9.18. The summed E-state index contributed by atoms with van der Waals surface area (Å²) in [7, 11) is 0. The average Bonchev–Trinajstić information content (AvgIpc) is 3.25. The summed E-state index contributed by atoms with van der Waals surface area (Å²) in [6, 6.07) is 12.6. The molecule has 1 saturated heterocycles. The molecule has 1 aliphatic carbocycles. The molecular weight excluding hydrogens is 383 g/mol. The smallest absolute Gasteiger partial charge is 0.255 e. The molecule has 2 atom stereocenters. The molecule has 0 spiro atoms. The van der Waals surface area contributed by atoms with Crippen molar-refractivity contribution in [2.45, 2.75) is 25.2 Å². The van der Waals surface area contributed by atoms with E-state index in [9.17, 15) is 9.59 Å². The lowest BCUT2D eigenvalue weighted by atomic mass is 10.1. The first-order valence-corrected chi connectivity index (χ1v) is 9.94. The van der Waals surface area contributed by atoms with Crippen molar-refractivity contribution in [3.63, 3.8) is 0 Å². The monoisotopic (exact) mass is 402 g/mol. The maximum atomic E-state index is 12.8. The van der Waals surface area contributed by atoms with Crippen LogP contribution in [0.4, 0.5) is 5.69 Å². The van der Waals surface area contributed by atoms with Gasteiger partial charge in [-0.15, -0.1) is 0 Å². The van der Waals surface area contributed by atoms with Crippen molar-refractivity contribution in [3.05, 3.63) is 63.6 Å². The van der Waals surface area contributed by atoms with Crippen LogP contribution in [0.15, 0.2) is 42.5 Å². The number of amides is 2. The van der Waals surface area contributed by atoms with Crippen molar-refractivity contribution in [1.82, 2.24) is 4.90 Å². The zero-order valence-electron chi connectivity index (χ0n) is 14.8. The fourth-order valence-electron chi connectivity index (χ4n) is 3.73. The van der Waals surface area contributed by atoms with Gasteiger partial charge in [-0.2, -0.15) is 0 Å². The highest BCUT2D eigenvalue weighted by atomic mass is 35.5. The second kappa shape index (κ2) is 7.53. The number of rotatable bonds is 4. The minimum absolute atomic E-state index is 0.0575. The number of hydrogen-bond acceptors (Lipinski definition) is 2. The summed E-state index contributed by atoms with van der Waals surface area (Å²) in [5.41, 5.74) is 1.97. The van der Waals surface area contributed by atoms with Gasteiger partial charge < -0.3 is 10.2 Å². The molecule has 4 rings (SSSR count). The second-order valence-electron chi connectivity index (χ2n) is 7.15. The van der Waals surface area contributed by atoms with Gasteiger partial charge in [-0.25, -0.2) is 0 Å². The van der Waals surface area contributed by atoms with Crippen molar-refractivity contribution in [3.8, 4) is 0 Å². The number of anilines is 1. The number of carbonyl (C=O) groups is 2. The van der Waals surface area contributed by atoms with Gasteiger partial charge in [0, 0.05) is 29.1 Å². The average molecular weight is 403 g/mol. The molecule has 0 aromatic heterocycles. The van der Waals surface area contributed by atoms with E-state index in [2.05, 4.69) is 5.32 Å². The maximum absolute atomic E-state index is 12.8. The topological polar surface area (TPSA) is 49.4 Å². The van der Waals surface area contributed by atoms with E-state index in [4.69, 9.17) is 23.2 Å². The summed E-state index contributed by atoms with van der Waals surface area (Å²) in [6.45, 7) is 1.51. The zero-order chi connectivity index (χ0) is 19.0. The van der Waals surface area contributed by atoms with Gasteiger partial charge in [0.2, 0.25) is 5.91 Å². The highest BCUT2D eigenvalue weighted by molar-refractivity contribution is 6.31. The zero-order valence-corrected chi connectivity index (χ0v) is 16.3. The van der Waals surface area contributed by atoms with Crippen LogP contribution in [0, 0.1) is 5.92 Å². The highest BCUT2D eigenvalue weighted by Gasteiger charge is 2.45. The molecule has 1 saturated carbocycles. The van der Waals surface area contributed by atoms with E-state index in [1.165, 1.54) is 0 Å². The largest absolute Gasteiger partial charge is 0.339 e. The summed E-state index contributed by atoms with van der Waals surface area (Å²) in [5.74, 6) is -0.176. The minimum atomic E-state index is -0.140. The van der Waals surface area contributed by atoms with Gasteiger partial charge in [0.25, 0.3) is 5.91 Å². The lowest BCUT2D eigenvalue weighted by Crippen LogP contribution is -2.29. The van der Waals surface area contributed by atoms with Crippen LogP contribution in [-0.4, -0.2) is 29.8 Å². The molecule has 1 N–H and O–H groups in total. The molecule has 27 heavy (non-hydrogen) atoms. The van der Waals surface area contributed by atoms with E-state index in [-0.39, 0.29) is 23.7 Å². The number of halogens is 2. The first kappa shape index (κ1) is 18.3. The number of nitrogens with one attached hydrogen (secondary N) is 1. The van der Waals surface area contributed by atoms with Gasteiger partial charge in [0.05, 0.1) is 11.3 Å². The van der Waals surface area contributed by atoms with Gasteiger partial charge in [-0.3, -0.25) is 9.59 Å². The summed E-state index contributed by atoms with van der Waals surface area (Å²) >= 11 is 12.4. The Kier molecular flexibility index (Phi) is 5.11. The van der Waals surface area contributed by atoms with Crippen molar-refractivity contribution in [2.24, 2.45) is 5.92 Å². The molecule has 4 nitrogen and oxygen atoms in total. The number of likely N-dealkylation sites (tertiary alicyclic amines) is 1. The van der Waals surface area contributed by atoms with Crippen molar-refractivity contribution >= 4 is 40.7 Å². The molecule has 0 bridgehead atoms. The highest BCUT2D eigenvalue weighted by Crippen LogP contribution is 2.50. The van der Waals surface area contributed by atoms with Crippen molar-refractivity contribution < 1.29 is 9.59 Å². The fourth-order valence-corrected chi connectivity index (χ4v) is 4.17. The number of nitrogens with zero attached hydrogens (tertiary/aromatic N) is 1. The van der Waals surface area contributed by atoms with E-state index < -0.39 is 0 Å². The molecule has 2 aromatic carbocycles. The standard InChI is InChI=1S/C21H20Cl2N2O2/c22-13-7-8-15(21(27)25-9-3-4-10-25)19(11-13)24-20(26)17-12-16(17)14-5-1-2-6-18(14)23/h1-2,5-8,11,16-17H,3-4,9-10,12H2,(H,24,26). The predicted molar refractivity (Wildman–Crippen MR) is 108 cm³/mol. The number of benzene rings is 2. The Morgan fingerprint density at radius 3 is 2.52 bits per heavy atom. The van der Waals surface area contributed by atoms with Crippen LogP contribution in [0.25, 0.3) is 0 Å². The molecule has 6 heteroatoms.